The van der Waals surface area contributed by atoms with E-state index in [1.165, 1.54) is 27.7 Å². The Labute approximate surface area is 175 Å². The lowest BCUT2D eigenvalue weighted by Gasteiger charge is -2.23. The van der Waals surface area contributed by atoms with E-state index < -0.39 is 59.8 Å². The maximum atomic E-state index is 12.5. The summed E-state index contributed by atoms with van der Waals surface area (Å²) in [6, 6.07) is -4.83. The van der Waals surface area contributed by atoms with Gasteiger partial charge in [0, 0.05) is 0 Å². The molecule has 0 heterocycles. The molecular formula is C18H34N6O6. The van der Waals surface area contributed by atoms with E-state index in [-0.39, 0.29) is 0 Å². The molecule has 0 radical (unpaired) electrons. The summed E-state index contributed by atoms with van der Waals surface area (Å²) < 4.78 is 0. The van der Waals surface area contributed by atoms with Crippen molar-refractivity contribution in [1.82, 2.24) is 21.3 Å². The third-order valence-electron chi connectivity index (χ3n) is 4.23. The molecule has 9 N–H and O–H groups in total. The van der Waals surface area contributed by atoms with Crippen molar-refractivity contribution >= 4 is 29.6 Å². The van der Waals surface area contributed by atoms with E-state index in [4.69, 9.17) is 16.6 Å². The minimum absolute atomic E-state index is 0.321. The third kappa shape index (κ3) is 10.2. The topological polar surface area (TPSA) is 206 Å². The van der Waals surface area contributed by atoms with Gasteiger partial charge in [0.25, 0.3) is 0 Å². The van der Waals surface area contributed by atoms with Crippen LogP contribution in [0.5, 0.6) is 0 Å². The number of rotatable bonds is 13. The maximum absolute atomic E-state index is 12.5. The Morgan fingerprint density at radius 2 is 1.20 bits per heavy atom. The number of amides is 4. The summed E-state index contributed by atoms with van der Waals surface area (Å²) >= 11 is 0. The number of carboxylic acid groups (broad SMARTS) is 1. The Balaban J connectivity index is 4.85. The molecule has 0 saturated carbocycles. The minimum Gasteiger partial charge on any atom is -0.480 e. The van der Waals surface area contributed by atoms with Crippen LogP contribution in [0.1, 0.15) is 47.0 Å². The van der Waals surface area contributed by atoms with Crippen molar-refractivity contribution in [3.63, 3.8) is 0 Å². The van der Waals surface area contributed by atoms with Crippen LogP contribution in [0, 0.1) is 0 Å². The quantitative estimate of drug-likeness (QED) is 0.156. The molecule has 0 aliphatic rings. The van der Waals surface area contributed by atoms with Gasteiger partial charge < -0.3 is 37.8 Å². The summed E-state index contributed by atoms with van der Waals surface area (Å²) in [6.45, 7) is 6.02. The highest BCUT2D eigenvalue weighted by Crippen LogP contribution is 2.02. The number of carbonyl (C=O) groups is 5. The van der Waals surface area contributed by atoms with Crippen molar-refractivity contribution in [3.8, 4) is 0 Å². The highest BCUT2D eigenvalue weighted by atomic mass is 16.4. The summed E-state index contributed by atoms with van der Waals surface area (Å²) in [5.41, 5.74) is 11.0. The Bertz CT molecular complexity index is 626. The van der Waals surface area contributed by atoms with Gasteiger partial charge in [-0.1, -0.05) is 0 Å². The van der Waals surface area contributed by atoms with Gasteiger partial charge in [0.05, 0.1) is 6.04 Å². The fourth-order valence-electron chi connectivity index (χ4n) is 2.25. The minimum atomic E-state index is -1.21. The first-order chi connectivity index (χ1) is 13.9. The van der Waals surface area contributed by atoms with Gasteiger partial charge in [0.1, 0.15) is 24.2 Å². The molecule has 0 fully saturated rings. The van der Waals surface area contributed by atoms with Crippen molar-refractivity contribution in [2.45, 2.75) is 77.2 Å². The predicted octanol–water partition coefficient (Wildman–Crippen LogP) is -2.45. The van der Waals surface area contributed by atoms with Crippen LogP contribution < -0.4 is 32.7 Å². The van der Waals surface area contributed by atoms with Crippen LogP contribution in [-0.2, 0) is 24.0 Å². The molecule has 5 atom stereocenters. The lowest BCUT2D eigenvalue weighted by Crippen LogP contribution is -2.56. The zero-order chi connectivity index (χ0) is 23.4. The van der Waals surface area contributed by atoms with E-state index in [1.54, 1.807) is 0 Å². The summed E-state index contributed by atoms with van der Waals surface area (Å²) in [4.78, 5) is 59.4. The van der Waals surface area contributed by atoms with Gasteiger partial charge in [-0.25, -0.2) is 0 Å². The first kappa shape index (κ1) is 27.3. The number of carbonyl (C=O) groups excluding carboxylic acids is 4. The lowest BCUT2D eigenvalue weighted by molar-refractivity contribution is -0.141. The fraction of sp³-hybridized carbons (Fsp3) is 0.722. The zero-order valence-electron chi connectivity index (χ0n) is 17.9. The van der Waals surface area contributed by atoms with Crippen molar-refractivity contribution < 1.29 is 29.1 Å². The fourth-order valence-corrected chi connectivity index (χ4v) is 2.25. The van der Waals surface area contributed by atoms with Gasteiger partial charge in [0.15, 0.2) is 0 Å². The highest BCUT2D eigenvalue weighted by molar-refractivity contribution is 5.95. The number of nitrogens with one attached hydrogen (secondary N) is 4. The molecule has 0 spiro atoms. The molecule has 0 aliphatic carbocycles. The molecule has 12 heteroatoms. The molecular weight excluding hydrogens is 396 g/mol. The average Bonchev–Trinajstić information content (AvgIpc) is 2.66. The van der Waals surface area contributed by atoms with Crippen LogP contribution in [0.25, 0.3) is 0 Å². The van der Waals surface area contributed by atoms with Crippen LogP contribution in [-0.4, -0.2) is 71.5 Å². The van der Waals surface area contributed by atoms with Crippen molar-refractivity contribution in [3.05, 3.63) is 0 Å². The van der Waals surface area contributed by atoms with E-state index in [9.17, 15) is 24.0 Å². The van der Waals surface area contributed by atoms with Crippen molar-refractivity contribution in [2.75, 3.05) is 6.54 Å². The van der Waals surface area contributed by atoms with Gasteiger partial charge in [-0.15, -0.1) is 0 Å². The molecule has 0 aliphatic heterocycles. The lowest BCUT2D eigenvalue weighted by atomic mass is 10.1. The highest BCUT2D eigenvalue weighted by Gasteiger charge is 2.27. The first-order valence-electron chi connectivity index (χ1n) is 9.80. The monoisotopic (exact) mass is 430 g/mol. The number of nitrogens with two attached hydrogens (primary N) is 2. The number of hydrogen-bond acceptors (Lipinski definition) is 7. The molecule has 30 heavy (non-hydrogen) atoms. The Morgan fingerprint density at radius 3 is 1.63 bits per heavy atom. The molecule has 0 aromatic rings. The zero-order valence-corrected chi connectivity index (χ0v) is 17.9. The number of hydrogen-bond donors (Lipinski definition) is 7. The number of carboxylic acids is 1. The van der Waals surface area contributed by atoms with Crippen LogP contribution in [0.2, 0.25) is 0 Å². The second-order valence-electron chi connectivity index (χ2n) is 7.16. The van der Waals surface area contributed by atoms with Gasteiger partial charge in [-0.2, -0.15) is 0 Å². The number of aliphatic carboxylic acids is 1. The summed E-state index contributed by atoms with van der Waals surface area (Å²) in [7, 11) is 0. The van der Waals surface area contributed by atoms with Crippen molar-refractivity contribution in [1.29, 1.82) is 0 Å². The van der Waals surface area contributed by atoms with Crippen LogP contribution in [0.4, 0.5) is 0 Å². The Kier molecular flexibility index (Phi) is 12.3. The molecule has 0 aromatic carbocycles. The van der Waals surface area contributed by atoms with Gasteiger partial charge in [-0.3, -0.25) is 24.0 Å². The standard InChI is InChI=1S/C18H34N6O6/c1-9(20)14(25)24-13(7-5-6-8-19)17(28)22-11(3)15(26)21-10(2)16(27)23-12(4)18(29)30/h9-13H,5-8,19-20H2,1-4H3,(H,21,26)(H,22,28)(H,23,27)(H,24,25)(H,29,30). The van der Waals surface area contributed by atoms with Crippen LogP contribution in [0.15, 0.2) is 0 Å². The molecule has 0 rings (SSSR count). The van der Waals surface area contributed by atoms with E-state index in [0.29, 0.717) is 25.8 Å². The summed E-state index contributed by atoms with van der Waals surface area (Å²) in [5, 5.41) is 18.5. The maximum Gasteiger partial charge on any atom is 0.325 e. The van der Waals surface area contributed by atoms with Crippen molar-refractivity contribution in [2.24, 2.45) is 11.5 Å². The average molecular weight is 431 g/mol. The predicted molar refractivity (Wildman–Crippen MR) is 109 cm³/mol. The van der Waals surface area contributed by atoms with Crippen LogP contribution in [0.3, 0.4) is 0 Å². The second-order valence-corrected chi connectivity index (χ2v) is 7.16. The molecule has 0 saturated heterocycles. The third-order valence-corrected chi connectivity index (χ3v) is 4.23. The molecule has 0 aromatic heterocycles. The Hall–Kier alpha value is -2.73. The molecule has 4 amide bonds. The molecule has 5 unspecified atom stereocenters. The van der Waals surface area contributed by atoms with Crippen LogP contribution >= 0.6 is 0 Å². The van der Waals surface area contributed by atoms with Gasteiger partial charge in [0.2, 0.25) is 23.6 Å². The molecule has 12 nitrogen and oxygen atoms in total. The normalized spacial score (nSPS) is 15.7. The van der Waals surface area contributed by atoms with E-state index in [2.05, 4.69) is 21.3 Å². The second kappa shape index (κ2) is 13.5. The van der Waals surface area contributed by atoms with E-state index in [0.717, 1.165) is 0 Å². The summed E-state index contributed by atoms with van der Waals surface area (Å²) in [5.74, 6) is -3.61. The largest absolute Gasteiger partial charge is 0.480 e. The molecule has 0 bridgehead atoms. The smallest absolute Gasteiger partial charge is 0.325 e. The summed E-state index contributed by atoms with van der Waals surface area (Å²) in [6.07, 6.45) is 1.57. The first-order valence-corrected chi connectivity index (χ1v) is 9.80. The van der Waals surface area contributed by atoms with Gasteiger partial charge >= 0.3 is 5.97 Å². The number of unbranched alkanes of at least 4 members (excludes halogenated alkanes) is 1. The Morgan fingerprint density at radius 1 is 0.733 bits per heavy atom. The molecule has 172 valence electrons. The van der Waals surface area contributed by atoms with E-state index >= 15 is 0 Å². The van der Waals surface area contributed by atoms with Gasteiger partial charge in [-0.05, 0) is 53.5 Å². The van der Waals surface area contributed by atoms with E-state index in [1.807, 2.05) is 0 Å². The SMILES string of the molecule is CC(N)C(=O)NC(CCCCN)C(=O)NC(C)C(=O)NC(C)C(=O)NC(C)C(=O)O.